The van der Waals surface area contributed by atoms with Crippen LogP contribution in [0, 0.1) is 0 Å². The van der Waals surface area contributed by atoms with Crippen molar-refractivity contribution >= 4 is 17.8 Å². The van der Waals surface area contributed by atoms with E-state index in [0.717, 1.165) is 37.6 Å². The maximum absolute atomic E-state index is 12.4. The lowest BCUT2D eigenvalue weighted by Gasteiger charge is -2.24. The van der Waals surface area contributed by atoms with Gasteiger partial charge in [-0.3, -0.25) is 4.90 Å². The third-order valence-corrected chi connectivity index (χ3v) is 6.46. The molecule has 1 N–H and O–H groups in total. The first-order valence-electron chi connectivity index (χ1n) is 8.67. The van der Waals surface area contributed by atoms with E-state index in [-0.39, 0.29) is 6.03 Å². The smallest absolute Gasteiger partial charge is 0.317 e. The SMILES string of the molecule is CCS[C@@H]1CC[C@@H](NC(=O)N2CC[C@@H](N3CCCC3)C2)C1. The van der Waals surface area contributed by atoms with E-state index in [1.165, 1.54) is 38.1 Å². The van der Waals surface area contributed by atoms with Crippen LogP contribution in [-0.4, -0.2) is 65.1 Å². The molecule has 2 aliphatic heterocycles. The summed E-state index contributed by atoms with van der Waals surface area (Å²) in [4.78, 5) is 17.0. The maximum Gasteiger partial charge on any atom is 0.317 e. The molecule has 5 heteroatoms. The number of carbonyl (C=O) groups excluding carboxylic acids is 1. The van der Waals surface area contributed by atoms with Crippen LogP contribution in [0.1, 0.15) is 45.4 Å². The predicted octanol–water partition coefficient (Wildman–Crippen LogP) is 2.54. The van der Waals surface area contributed by atoms with E-state index < -0.39 is 0 Å². The number of amides is 2. The molecule has 3 atom stereocenters. The molecule has 1 saturated carbocycles. The van der Waals surface area contributed by atoms with E-state index in [4.69, 9.17) is 0 Å². The van der Waals surface area contributed by atoms with Gasteiger partial charge >= 0.3 is 6.03 Å². The first-order valence-corrected chi connectivity index (χ1v) is 9.72. The van der Waals surface area contributed by atoms with Gasteiger partial charge in [0.2, 0.25) is 0 Å². The Bertz CT molecular complexity index is 359. The van der Waals surface area contributed by atoms with Gasteiger partial charge in [0, 0.05) is 30.4 Å². The molecule has 3 aliphatic rings. The van der Waals surface area contributed by atoms with Crippen LogP contribution in [-0.2, 0) is 0 Å². The molecule has 3 fully saturated rings. The van der Waals surface area contributed by atoms with Crippen molar-refractivity contribution in [3.63, 3.8) is 0 Å². The summed E-state index contributed by atoms with van der Waals surface area (Å²) < 4.78 is 0. The van der Waals surface area contributed by atoms with Gasteiger partial charge in [-0.2, -0.15) is 11.8 Å². The van der Waals surface area contributed by atoms with Crippen molar-refractivity contribution in [2.75, 3.05) is 31.9 Å². The zero-order valence-electron chi connectivity index (χ0n) is 13.2. The summed E-state index contributed by atoms with van der Waals surface area (Å²) in [6, 6.07) is 1.21. The molecule has 0 aromatic carbocycles. The number of nitrogens with zero attached hydrogens (tertiary/aromatic N) is 2. The van der Waals surface area contributed by atoms with Crippen molar-refractivity contribution in [1.29, 1.82) is 0 Å². The topological polar surface area (TPSA) is 35.6 Å². The van der Waals surface area contributed by atoms with E-state index in [2.05, 4.69) is 17.1 Å². The molecule has 0 unspecified atom stereocenters. The molecule has 0 radical (unpaired) electrons. The average Bonchev–Trinajstić information content (AvgIpc) is 3.20. The highest BCUT2D eigenvalue weighted by Gasteiger charge is 2.33. The summed E-state index contributed by atoms with van der Waals surface area (Å²) in [6.07, 6.45) is 7.41. The first kappa shape index (κ1) is 15.5. The minimum Gasteiger partial charge on any atom is -0.335 e. The van der Waals surface area contributed by atoms with Crippen LogP contribution < -0.4 is 5.32 Å². The molecular formula is C16H29N3OS. The van der Waals surface area contributed by atoms with Gasteiger partial charge in [0.05, 0.1) is 0 Å². The molecule has 2 saturated heterocycles. The van der Waals surface area contributed by atoms with Gasteiger partial charge in [-0.25, -0.2) is 4.79 Å². The molecule has 1 aliphatic carbocycles. The van der Waals surface area contributed by atoms with E-state index in [1.807, 2.05) is 16.7 Å². The Hall–Kier alpha value is -0.420. The Labute approximate surface area is 133 Å². The second-order valence-electron chi connectivity index (χ2n) is 6.67. The minimum absolute atomic E-state index is 0.184. The van der Waals surface area contributed by atoms with Crippen LogP contribution >= 0.6 is 11.8 Å². The second kappa shape index (κ2) is 7.23. The van der Waals surface area contributed by atoms with Crippen molar-refractivity contribution in [3.8, 4) is 0 Å². The fraction of sp³-hybridized carbons (Fsp3) is 0.938. The minimum atomic E-state index is 0.184. The Morgan fingerprint density at radius 1 is 1.19 bits per heavy atom. The van der Waals surface area contributed by atoms with Gasteiger partial charge in [0.15, 0.2) is 0 Å². The number of hydrogen-bond donors (Lipinski definition) is 1. The van der Waals surface area contributed by atoms with Gasteiger partial charge in [0.25, 0.3) is 0 Å². The lowest BCUT2D eigenvalue weighted by atomic mass is 10.2. The zero-order valence-corrected chi connectivity index (χ0v) is 14.0. The summed E-state index contributed by atoms with van der Waals surface area (Å²) in [5, 5.41) is 4.04. The summed E-state index contributed by atoms with van der Waals surface area (Å²) in [5.74, 6) is 1.19. The van der Waals surface area contributed by atoms with Gasteiger partial charge in [-0.05, 0) is 57.4 Å². The first-order chi connectivity index (χ1) is 10.3. The third kappa shape index (κ3) is 3.86. The third-order valence-electron chi connectivity index (χ3n) is 5.22. The van der Waals surface area contributed by atoms with Crippen LogP contribution in [0.3, 0.4) is 0 Å². The van der Waals surface area contributed by atoms with Crippen LogP contribution in [0.4, 0.5) is 4.79 Å². The molecule has 0 aromatic heterocycles. The summed E-state index contributed by atoms with van der Waals surface area (Å²) >= 11 is 2.05. The fourth-order valence-corrected chi connectivity index (χ4v) is 5.20. The molecule has 0 spiro atoms. The lowest BCUT2D eigenvalue weighted by Crippen LogP contribution is -2.44. The number of carbonyl (C=O) groups is 1. The van der Waals surface area contributed by atoms with Crippen molar-refractivity contribution in [2.24, 2.45) is 0 Å². The van der Waals surface area contributed by atoms with Gasteiger partial charge in [-0.1, -0.05) is 6.92 Å². The maximum atomic E-state index is 12.4. The zero-order chi connectivity index (χ0) is 14.7. The van der Waals surface area contributed by atoms with Gasteiger partial charge in [0.1, 0.15) is 0 Å². The largest absolute Gasteiger partial charge is 0.335 e. The molecule has 0 aromatic rings. The van der Waals surface area contributed by atoms with Crippen molar-refractivity contribution < 1.29 is 4.79 Å². The summed E-state index contributed by atoms with van der Waals surface area (Å²) in [6.45, 7) is 6.56. The van der Waals surface area contributed by atoms with Gasteiger partial charge in [-0.15, -0.1) is 0 Å². The quantitative estimate of drug-likeness (QED) is 0.866. The molecule has 21 heavy (non-hydrogen) atoms. The molecule has 120 valence electrons. The molecule has 3 rings (SSSR count). The summed E-state index contributed by atoms with van der Waals surface area (Å²) in [7, 11) is 0. The van der Waals surface area contributed by atoms with Crippen molar-refractivity contribution in [3.05, 3.63) is 0 Å². The average molecular weight is 311 g/mol. The Morgan fingerprint density at radius 2 is 2.00 bits per heavy atom. The highest BCUT2D eigenvalue weighted by atomic mass is 32.2. The molecule has 2 amide bonds. The van der Waals surface area contributed by atoms with Crippen LogP contribution in [0.25, 0.3) is 0 Å². The van der Waals surface area contributed by atoms with E-state index in [1.54, 1.807) is 0 Å². The van der Waals surface area contributed by atoms with E-state index in [0.29, 0.717) is 12.1 Å². The molecule has 4 nitrogen and oxygen atoms in total. The fourth-order valence-electron chi connectivity index (χ4n) is 4.06. The summed E-state index contributed by atoms with van der Waals surface area (Å²) in [5.41, 5.74) is 0. The Kier molecular flexibility index (Phi) is 5.33. The second-order valence-corrected chi connectivity index (χ2v) is 8.25. The molecule has 0 bridgehead atoms. The number of rotatable bonds is 4. The lowest BCUT2D eigenvalue weighted by molar-refractivity contribution is 0.195. The standard InChI is InChI=1S/C16H29N3OS/c1-2-21-15-6-5-13(11-15)17-16(20)19-10-7-14(12-19)18-8-3-4-9-18/h13-15H,2-12H2,1H3,(H,17,20)/t13-,14-,15-/m1/s1. The molecule has 2 heterocycles. The highest BCUT2D eigenvalue weighted by molar-refractivity contribution is 7.99. The number of urea groups is 1. The number of likely N-dealkylation sites (tertiary alicyclic amines) is 2. The number of hydrogen-bond acceptors (Lipinski definition) is 3. The Balaban J connectivity index is 1.42. The monoisotopic (exact) mass is 311 g/mol. The van der Waals surface area contributed by atoms with E-state index >= 15 is 0 Å². The normalized spacial score (nSPS) is 33.8. The molecular weight excluding hydrogens is 282 g/mol. The number of nitrogens with one attached hydrogen (secondary N) is 1. The number of thioether (sulfide) groups is 1. The van der Waals surface area contributed by atoms with E-state index in [9.17, 15) is 4.79 Å². The highest BCUT2D eigenvalue weighted by Crippen LogP contribution is 2.30. The van der Waals surface area contributed by atoms with Crippen LogP contribution in [0.15, 0.2) is 0 Å². The van der Waals surface area contributed by atoms with Gasteiger partial charge < -0.3 is 10.2 Å². The Morgan fingerprint density at radius 3 is 2.76 bits per heavy atom. The van der Waals surface area contributed by atoms with Crippen LogP contribution in [0.5, 0.6) is 0 Å². The van der Waals surface area contributed by atoms with Crippen molar-refractivity contribution in [1.82, 2.24) is 15.1 Å². The van der Waals surface area contributed by atoms with Crippen molar-refractivity contribution in [2.45, 2.75) is 62.8 Å². The van der Waals surface area contributed by atoms with Crippen LogP contribution in [0.2, 0.25) is 0 Å². The predicted molar refractivity (Wildman–Crippen MR) is 88.9 cm³/mol.